The van der Waals surface area contributed by atoms with Gasteiger partial charge in [-0.2, -0.15) is 0 Å². The van der Waals surface area contributed by atoms with Gasteiger partial charge < -0.3 is 10.0 Å². The van der Waals surface area contributed by atoms with E-state index in [-0.39, 0.29) is 47.7 Å². The number of pyridine rings is 1. The Balaban J connectivity index is 0.00000280. The molecule has 0 radical (unpaired) electrons. The van der Waals surface area contributed by atoms with E-state index in [0.29, 0.717) is 39.9 Å². The number of hydrogen-bond acceptors (Lipinski definition) is 6. The third kappa shape index (κ3) is 8.38. The number of carboxylic acids is 1. The van der Waals surface area contributed by atoms with Crippen LogP contribution in [0.15, 0.2) is 41.3 Å². The number of fused-ring (bicyclic) bond motifs is 1. The van der Waals surface area contributed by atoms with Crippen LogP contribution in [0.25, 0.3) is 10.9 Å². The molecule has 1 fully saturated rings. The number of carbonyl (C=O) groups is 1. The first-order valence-electron chi connectivity index (χ1n) is 13.1. The maximum atomic E-state index is 13.2. The van der Waals surface area contributed by atoms with E-state index in [9.17, 15) is 18.3 Å². The van der Waals surface area contributed by atoms with Gasteiger partial charge in [0.2, 0.25) is 0 Å². The van der Waals surface area contributed by atoms with Crippen molar-refractivity contribution < 1.29 is 18.3 Å². The molecular formula is C29H41Cl3N4O4S. The lowest BCUT2D eigenvalue weighted by atomic mass is 10.0. The molecule has 1 saturated heterocycles. The Morgan fingerprint density at radius 3 is 2.12 bits per heavy atom. The number of rotatable bonds is 8. The van der Waals surface area contributed by atoms with E-state index >= 15 is 0 Å². The van der Waals surface area contributed by atoms with Crippen LogP contribution < -0.4 is 9.62 Å². The van der Waals surface area contributed by atoms with Crippen molar-refractivity contribution in [2.24, 2.45) is 5.92 Å². The normalized spacial score (nSPS) is 14.6. The summed E-state index contributed by atoms with van der Waals surface area (Å²) in [4.78, 5) is 21.8. The van der Waals surface area contributed by atoms with Gasteiger partial charge in [0.05, 0.1) is 16.0 Å². The molecule has 1 unspecified atom stereocenters. The molecule has 0 bridgehead atoms. The quantitative estimate of drug-likeness (QED) is 0.289. The van der Waals surface area contributed by atoms with Gasteiger partial charge in [0.15, 0.2) is 0 Å². The largest absolute Gasteiger partial charge is 0.478 e. The number of hydrogen-bond donors (Lipinski definition) is 2. The number of nitrogens with one attached hydrogen (secondary N) is 1. The van der Waals surface area contributed by atoms with E-state index in [1.807, 2.05) is 19.9 Å². The Labute approximate surface area is 262 Å². The van der Waals surface area contributed by atoms with Crippen molar-refractivity contribution in [3.8, 4) is 0 Å². The van der Waals surface area contributed by atoms with E-state index in [1.54, 1.807) is 37.3 Å². The van der Waals surface area contributed by atoms with Gasteiger partial charge in [-0.15, -0.1) is 37.2 Å². The van der Waals surface area contributed by atoms with Gasteiger partial charge in [-0.3, -0.25) is 9.62 Å². The van der Waals surface area contributed by atoms with Crippen LogP contribution >= 0.6 is 37.2 Å². The fourth-order valence-corrected chi connectivity index (χ4v) is 6.63. The molecule has 41 heavy (non-hydrogen) atoms. The third-order valence-corrected chi connectivity index (χ3v) is 8.96. The van der Waals surface area contributed by atoms with E-state index in [0.717, 1.165) is 43.7 Å². The zero-order valence-corrected chi connectivity index (χ0v) is 27.6. The van der Waals surface area contributed by atoms with Gasteiger partial charge >= 0.3 is 5.97 Å². The fourth-order valence-electron chi connectivity index (χ4n) is 5.27. The molecule has 12 heteroatoms. The maximum Gasteiger partial charge on any atom is 0.336 e. The molecule has 0 amide bonds. The topological polar surface area (TPSA) is 103 Å². The minimum Gasteiger partial charge on any atom is -0.478 e. The Kier molecular flexibility index (Phi) is 13.2. The number of sulfonamides is 1. The van der Waals surface area contributed by atoms with E-state index in [2.05, 4.69) is 35.3 Å². The molecule has 1 aromatic heterocycles. The summed E-state index contributed by atoms with van der Waals surface area (Å²) in [5.74, 6) is 0.195. The second-order valence-corrected chi connectivity index (χ2v) is 12.5. The lowest BCUT2D eigenvalue weighted by Crippen LogP contribution is -2.50. The fraction of sp³-hybridized carbons (Fsp3) is 0.448. The lowest BCUT2D eigenvalue weighted by molar-refractivity contribution is 0.0699. The Hall–Kier alpha value is -2.30. The Morgan fingerprint density at radius 1 is 0.927 bits per heavy atom. The lowest BCUT2D eigenvalue weighted by Gasteiger charge is -2.39. The number of aromatic nitrogens is 1. The smallest absolute Gasteiger partial charge is 0.336 e. The molecule has 2 aromatic carbocycles. The highest BCUT2D eigenvalue weighted by atomic mass is 35.5. The molecule has 0 spiro atoms. The van der Waals surface area contributed by atoms with Crippen molar-refractivity contribution in [1.82, 2.24) is 9.88 Å². The average Bonchev–Trinajstić information content (AvgIpc) is 2.84. The summed E-state index contributed by atoms with van der Waals surface area (Å²) < 4.78 is 29.0. The number of aryl methyl sites for hydroxylation is 3. The number of anilines is 2. The first-order valence-corrected chi connectivity index (χ1v) is 14.6. The predicted octanol–water partition coefficient (Wildman–Crippen LogP) is 6.48. The standard InChI is InChI=1S/C29H38N4O4S.3ClH/c1-18(2)13-22(6)32-9-11-33(12-10-32)28-17-25(29(34)35)24-16-23(7-8-26(24)30-28)31-38(36,37)27-15-20(4)19(3)14-21(27)5;;;/h7-8,14-18,22,31H,9-13H2,1-6H3,(H,34,35);3*1H. The van der Waals surface area contributed by atoms with Crippen molar-refractivity contribution in [2.45, 2.75) is 58.9 Å². The summed E-state index contributed by atoms with van der Waals surface area (Å²) in [5.41, 5.74) is 3.46. The molecule has 3 aromatic rings. The van der Waals surface area contributed by atoms with Crippen LogP contribution in [0.4, 0.5) is 11.5 Å². The van der Waals surface area contributed by atoms with Gasteiger partial charge in [0.1, 0.15) is 5.82 Å². The Bertz CT molecular complexity index is 1480. The van der Waals surface area contributed by atoms with Gasteiger partial charge in [-0.25, -0.2) is 18.2 Å². The van der Waals surface area contributed by atoms with Crippen LogP contribution in [0.2, 0.25) is 0 Å². The summed E-state index contributed by atoms with van der Waals surface area (Å²) in [6, 6.07) is 10.5. The Morgan fingerprint density at radius 2 is 1.54 bits per heavy atom. The number of aromatic carboxylic acids is 1. The molecule has 1 aliphatic rings. The summed E-state index contributed by atoms with van der Waals surface area (Å²) in [5, 5.41) is 10.4. The van der Waals surface area contributed by atoms with Crippen molar-refractivity contribution in [3.63, 3.8) is 0 Å². The highest BCUT2D eigenvalue weighted by Gasteiger charge is 2.24. The SMILES string of the molecule is Cc1cc(C)c(S(=O)(=O)Nc2ccc3nc(N4CCN(C(C)CC(C)C)CC4)cc(C(=O)O)c3c2)cc1C.Cl.Cl.Cl. The number of nitrogens with zero attached hydrogens (tertiary/aromatic N) is 3. The number of carboxylic acid groups (broad SMARTS) is 1. The number of benzene rings is 2. The highest BCUT2D eigenvalue weighted by molar-refractivity contribution is 7.92. The first kappa shape index (κ1) is 36.7. The summed E-state index contributed by atoms with van der Waals surface area (Å²) in [6.07, 6.45) is 1.15. The molecule has 0 saturated carbocycles. The number of piperazine rings is 1. The van der Waals surface area contributed by atoms with Crippen LogP contribution in [0.5, 0.6) is 0 Å². The van der Waals surface area contributed by atoms with Crippen LogP contribution in [-0.2, 0) is 10.0 Å². The second kappa shape index (κ2) is 14.7. The molecule has 0 aliphatic carbocycles. The van der Waals surface area contributed by atoms with Gasteiger partial charge in [-0.1, -0.05) is 19.9 Å². The first-order chi connectivity index (χ1) is 17.9. The maximum absolute atomic E-state index is 13.2. The van der Waals surface area contributed by atoms with Crippen LogP contribution in [0, 0.1) is 26.7 Å². The van der Waals surface area contributed by atoms with Crippen molar-refractivity contribution in [2.75, 3.05) is 35.8 Å². The summed E-state index contributed by atoms with van der Waals surface area (Å²) in [6.45, 7) is 15.7. The summed E-state index contributed by atoms with van der Waals surface area (Å²) in [7, 11) is -3.86. The van der Waals surface area contributed by atoms with Crippen molar-refractivity contribution in [1.29, 1.82) is 0 Å². The van der Waals surface area contributed by atoms with Crippen LogP contribution in [-0.4, -0.2) is 61.6 Å². The molecule has 2 N–H and O–H groups in total. The second-order valence-electron chi connectivity index (χ2n) is 10.9. The van der Waals surface area contributed by atoms with Crippen LogP contribution in [0.3, 0.4) is 0 Å². The van der Waals surface area contributed by atoms with Crippen LogP contribution in [0.1, 0.15) is 54.2 Å². The molecule has 1 aliphatic heterocycles. The van der Waals surface area contributed by atoms with Gasteiger partial charge in [-0.05, 0) is 87.1 Å². The van der Waals surface area contributed by atoms with Gasteiger partial charge in [0, 0.05) is 43.3 Å². The minimum atomic E-state index is -3.86. The predicted molar refractivity (Wildman–Crippen MR) is 175 cm³/mol. The van der Waals surface area contributed by atoms with E-state index < -0.39 is 16.0 Å². The zero-order valence-electron chi connectivity index (χ0n) is 24.3. The third-order valence-electron chi connectivity index (χ3n) is 7.43. The van der Waals surface area contributed by atoms with E-state index in [1.165, 1.54) is 0 Å². The van der Waals surface area contributed by atoms with Crippen molar-refractivity contribution in [3.05, 3.63) is 58.7 Å². The molecular weight excluding hydrogens is 607 g/mol. The number of halogens is 3. The van der Waals surface area contributed by atoms with Crippen molar-refractivity contribution >= 4 is 75.6 Å². The minimum absolute atomic E-state index is 0. The molecule has 8 nitrogen and oxygen atoms in total. The molecule has 228 valence electrons. The molecule has 1 atom stereocenters. The molecule has 2 heterocycles. The zero-order chi connectivity index (χ0) is 27.8. The summed E-state index contributed by atoms with van der Waals surface area (Å²) >= 11 is 0. The monoisotopic (exact) mass is 646 g/mol. The van der Waals surface area contributed by atoms with E-state index in [4.69, 9.17) is 4.98 Å². The van der Waals surface area contributed by atoms with Gasteiger partial charge in [0.25, 0.3) is 10.0 Å². The highest BCUT2D eigenvalue weighted by Crippen LogP contribution is 2.29. The average molecular weight is 648 g/mol. The molecule has 4 rings (SSSR count).